The molecular formula is C125H88N4. The number of benzene rings is 21. The Kier molecular flexibility index (Phi) is 21.0. The second kappa shape index (κ2) is 34.7. The molecule has 0 bridgehead atoms. The molecule has 0 aliphatic heterocycles. The minimum atomic E-state index is -0.718. The van der Waals surface area contributed by atoms with Crippen molar-refractivity contribution in [2.24, 2.45) is 0 Å². The molecule has 0 atom stereocenters. The molecule has 1 aliphatic carbocycles. The molecular weight excluding hydrogens is 1560 g/mol. The Morgan fingerprint density at radius 3 is 0.667 bits per heavy atom. The fraction of sp³-hybridized carbons (Fsp3) is 0.00800. The Labute approximate surface area is 755 Å². The minimum Gasteiger partial charge on any atom is -0.311 e. The predicted octanol–water partition coefficient (Wildman–Crippen LogP) is 34.4. The summed E-state index contributed by atoms with van der Waals surface area (Å²) in [4.78, 5) is 9.56. The van der Waals surface area contributed by atoms with Crippen LogP contribution in [0.2, 0.25) is 0 Å². The molecule has 1 aliphatic rings. The monoisotopic (exact) mass is 1640 g/mol. The molecule has 0 fully saturated rings. The molecule has 0 heterocycles. The van der Waals surface area contributed by atoms with Crippen LogP contribution in [0.4, 0.5) is 68.2 Å². The molecule has 0 aromatic heterocycles. The zero-order valence-corrected chi connectivity index (χ0v) is 71.1. The van der Waals surface area contributed by atoms with Crippen molar-refractivity contribution in [3.8, 4) is 100 Å². The van der Waals surface area contributed by atoms with E-state index in [4.69, 9.17) is 0 Å². The molecule has 22 rings (SSSR count). The zero-order chi connectivity index (χ0) is 85.8. The van der Waals surface area contributed by atoms with Crippen molar-refractivity contribution in [1.82, 2.24) is 0 Å². The number of nitrogens with zero attached hydrogens (tertiary/aromatic N) is 4. The van der Waals surface area contributed by atoms with Gasteiger partial charge in [-0.25, -0.2) is 0 Å². The Bertz CT molecular complexity index is 7430. The van der Waals surface area contributed by atoms with Crippen LogP contribution in [0.25, 0.3) is 111 Å². The average molecular weight is 1650 g/mol. The zero-order valence-electron chi connectivity index (χ0n) is 71.1. The van der Waals surface area contributed by atoms with Crippen LogP contribution in [0.15, 0.2) is 534 Å². The lowest BCUT2D eigenvalue weighted by molar-refractivity contribution is 0.768. The van der Waals surface area contributed by atoms with E-state index in [1.165, 1.54) is 83.1 Å². The van der Waals surface area contributed by atoms with Crippen LogP contribution in [0.5, 0.6) is 0 Å². The van der Waals surface area contributed by atoms with Gasteiger partial charge in [0.05, 0.1) is 11.1 Å². The topological polar surface area (TPSA) is 13.0 Å². The SMILES string of the molecule is c1ccc(-c2ccc(-c3ccc(N(c4ccccc4)c4ccc(-c5ccc(N(c6ccc(-c7ccccc7)cc6)c6ccc(-c7cccc(-c8ccc(-c9ccc(N(c%10ccc(-c%11ccccc%11)cc%10)c%10ccc%11c(c%10)C(c%10ccccc%10)(c%10ccccc%10)c%10cc(N(c%12ccccc%12)c%12cccc%13ccccc%12%13)ccc%10-%11)cc9)cc8)c7)cc6)cc5)cc4)cc3)cc2)cc1. The quantitative estimate of drug-likeness (QED) is 0.0670. The second-order valence-corrected chi connectivity index (χ2v) is 33.1. The van der Waals surface area contributed by atoms with Gasteiger partial charge < -0.3 is 19.6 Å². The first-order chi connectivity index (χ1) is 63.9. The highest BCUT2D eigenvalue weighted by atomic mass is 15.2. The number of fused-ring (bicyclic) bond motifs is 4. The molecule has 0 spiro atoms. The van der Waals surface area contributed by atoms with Crippen molar-refractivity contribution in [2.75, 3.05) is 19.6 Å². The maximum atomic E-state index is 2.48. The maximum absolute atomic E-state index is 2.48. The van der Waals surface area contributed by atoms with Crippen molar-refractivity contribution >= 4 is 79.0 Å². The summed E-state index contributed by atoms with van der Waals surface area (Å²) in [5, 5.41) is 2.38. The van der Waals surface area contributed by atoms with E-state index in [-0.39, 0.29) is 0 Å². The largest absolute Gasteiger partial charge is 0.311 e. The number of anilines is 12. The average Bonchev–Trinajstić information content (AvgIpc) is 1.55. The van der Waals surface area contributed by atoms with Crippen molar-refractivity contribution in [3.63, 3.8) is 0 Å². The van der Waals surface area contributed by atoms with E-state index in [1.807, 2.05) is 0 Å². The third-order valence-corrected chi connectivity index (χ3v) is 25.6. The first kappa shape index (κ1) is 78.1. The predicted molar refractivity (Wildman–Crippen MR) is 543 cm³/mol. The summed E-state index contributed by atoms with van der Waals surface area (Å²) in [5.74, 6) is 0. The van der Waals surface area contributed by atoms with E-state index in [9.17, 15) is 0 Å². The molecule has 0 saturated carbocycles. The Morgan fingerprint density at radius 1 is 0.132 bits per heavy atom. The summed E-state index contributed by atoms with van der Waals surface area (Å²) in [6.45, 7) is 0. The van der Waals surface area contributed by atoms with Crippen LogP contribution in [-0.2, 0) is 5.41 Å². The van der Waals surface area contributed by atoms with Crippen LogP contribution in [0, 0.1) is 0 Å². The molecule has 4 nitrogen and oxygen atoms in total. The first-order valence-corrected chi connectivity index (χ1v) is 44.3. The normalized spacial score (nSPS) is 11.8. The van der Waals surface area contributed by atoms with Gasteiger partial charge in [0.1, 0.15) is 0 Å². The van der Waals surface area contributed by atoms with E-state index in [1.54, 1.807) is 0 Å². The van der Waals surface area contributed by atoms with Crippen molar-refractivity contribution in [1.29, 1.82) is 0 Å². The highest BCUT2D eigenvalue weighted by Gasteiger charge is 2.47. The third-order valence-electron chi connectivity index (χ3n) is 25.6. The van der Waals surface area contributed by atoms with E-state index in [0.717, 1.165) is 118 Å². The summed E-state index contributed by atoms with van der Waals surface area (Å²) in [5.41, 5.74) is 38.1. The van der Waals surface area contributed by atoms with Gasteiger partial charge in [0.2, 0.25) is 0 Å². The van der Waals surface area contributed by atoms with Crippen LogP contribution in [0.1, 0.15) is 22.3 Å². The summed E-state index contributed by atoms with van der Waals surface area (Å²) in [7, 11) is 0. The maximum Gasteiger partial charge on any atom is 0.0715 e. The molecule has 0 unspecified atom stereocenters. The Balaban J connectivity index is 0.548. The van der Waals surface area contributed by atoms with Gasteiger partial charge in [-0.1, -0.05) is 388 Å². The molecule has 21 aromatic rings. The highest BCUT2D eigenvalue weighted by molar-refractivity contribution is 6.01. The Hall–Kier alpha value is -16.9. The van der Waals surface area contributed by atoms with E-state index >= 15 is 0 Å². The molecule has 129 heavy (non-hydrogen) atoms. The van der Waals surface area contributed by atoms with E-state index in [0.29, 0.717) is 0 Å². The summed E-state index contributed by atoms with van der Waals surface area (Å²) >= 11 is 0. The van der Waals surface area contributed by atoms with Crippen LogP contribution in [0.3, 0.4) is 0 Å². The van der Waals surface area contributed by atoms with Crippen molar-refractivity contribution < 1.29 is 0 Å². The number of para-hydroxylation sites is 2. The molecule has 0 radical (unpaired) electrons. The van der Waals surface area contributed by atoms with Crippen molar-refractivity contribution in [3.05, 3.63) is 556 Å². The smallest absolute Gasteiger partial charge is 0.0715 e. The number of rotatable bonds is 22. The van der Waals surface area contributed by atoms with E-state index < -0.39 is 5.41 Å². The van der Waals surface area contributed by atoms with Crippen molar-refractivity contribution in [2.45, 2.75) is 5.41 Å². The lowest BCUT2D eigenvalue weighted by atomic mass is 9.67. The van der Waals surface area contributed by atoms with Gasteiger partial charge in [0.25, 0.3) is 0 Å². The summed E-state index contributed by atoms with van der Waals surface area (Å²) < 4.78 is 0. The lowest BCUT2D eigenvalue weighted by Gasteiger charge is -2.35. The van der Waals surface area contributed by atoms with Gasteiger partial charge in [-0.2, -0.15) is 0 Å². The van der Waals surface area contributed by atoms with Gasteiger partial charge in [-0.05, 0) is 273 Å². The van der Waals surface area contributed by atoms with Crippen LogP contribution >= 0.6 is 0 Å². The number of hydrogen-bond donors (Lipinski definition) is 0. The third kappa shape index (κ3) is 15.3. The number of hydrogen-bond acceptors (Lipinski definition) is 4. The molecule has 0 N–H and O–H groups in total. The van der Waals surface area contributed by atoms with Gasteiger partial charge in [-0.15, -0.1) is 0 Å². The van der Waals surface area contributed by atoms with Crippen LogP contribution < -0.4 is 19.6 Å². The van der Waals surface area contributed by atoms with Gasteiger partial charge in [0, 0.05) is 67.9 Å². The van der Waals surface area contributed by atoms with Crippen LogP contribution in [-0.4, -0.2) is 0 Å². The van der Waals surface area contributed by atoms with Gasteiger partial charge in [0.15, 0.2) is 0 Å². The second-order valence-electron chi connectivity index (χ2n) is 33.1. The minimum absolute atomic E-state index is 0.718. The fourth-order valence-corrected chi connectivity index (χ4v) is 19.2. The first-order valence-electron chi connectivity index (χ1n) is 44.3. The molecule has 21 aromatic carbocycles. The molecule has 0 saturated heterocycles. The molecule has 608 valence electrons. The molecule has 0 amide bonds. The van der Waals surface area contributed by atoms with Gasteiger partial charge >= 0.3 is 0 Å². The summed E-state index contributed by atoms with van der Waals surface area (Å²) in [6, 6.07) is 195. The highest BCUT2D eigenvalue weighted by Crippen LogP contribution is 2.59. The van der Waals surface area contributed by atoms with E-state index in [2.05, 4.69) is 553 Å². The van der Waals surface area contributed by atoms with Gasteiger partial charge in [-0.3, -0.25) is 0 Å². The lowest BCUT2D eigenvalue weighted by Crippen LogP contribution is -2.29. The fourth-order valence-electron chi connectivity index (χ4n) is 19.2. The molecule has 4 heteroatoms. The Morgan fingerprint density at radius 2 is 0.341 bits per heavy atom. The summed E-state index contributed by atoms with van der Waals surface area (Å²) in [6.07, 6.45) is 0. The standard InChI is InChI=1S/C125H88N4/c1-8-26-89(27-9-1)92-46-48-93(49-47-92)97-58-70-110(71-59-97)126(108-40-18-6-19-41-108)111-72-60-99(61-73-111)100-62-74-113(75-63-100)127(112-68-54-95(55-69-112)90-28-10-2-11-29-90)114-80-66-102(67-81-114)105-35-24-34-104(86-105)101-52-50-94(51-53-101)98-64-78-116(79-65-98)128(115-76-56-96(57-77-115)91-30-12-3-13-31-91)117-82-84-120-121-85-83-118(129(109-42-20-7-21-43-109)124-45-25-33-103-32-22-23-44-119(103)124)88-123(121)125(122(120)87-117,106-36-14-4-15-37-106)107-38-16-5-17-39-107/h1-88H.